The molecule has 0 aromatic carbocycles. The number of aromatic amines is 1. The summed E-state index contributed by atoms with van der Waals surface area (Å²) in [7, 11) is 0. The minimum absolute atomic E-state index is 0.139. The first kappa shape index (κ1) is 6.84. The summed E-state index contributed by atoms with van der Waals surface area (Å²) in [5.41, 5.74) is 5.94. The van der Waals surface area contributed by atoms with Crippen LogP contribution in [0.15, 0.2) is 29.2 Å². The van der Waals surface area contributed by atoms with Crippen molar-refractivity contribution in [2.75, 3.05) is 5.73 Å². The quantitative estimate of drug-likeness (QED) is 0.591. The Balaban J connectivity index is 2.96. The average molecular weight is 161 g/mol. The SMILES string of the molecule is Nc1ccc2c(=O)[nH]ccc2n1. The molecule has 2 aromatic rings. The number of nitrogen functional groups attached to an aromatic ring is 1. The van der Waals surface area contributed by atoms with Crippen LogP contribution >= 0.6 is 0 Å². The van der Waals surface area contributed by atoms with E-state index in [1.807, 2.05) is 0 Å². The Hall–Kier alpha value is -1.84. The molecule has 12 heavy (non-hydrogen) atoms. The van der Waals surface area contributed by atoms with Crippen molar-refractivity contribution in [3.05, 3.63) is 34.7 Å². The van der Waals surface area contributed by atoms with Crippen LogP contribution in [0.1, 0.15) is 0 Å². The molecule has 2 aromatic heterocycles. The molecule has 0 atom stereocenters. The van der Waals surface area contributed by atoms with Gasteiger partial charge < -0.3 is 10.7 Å². The Kier molecular flexibility index (Phi) is 1.33. The second-order valence-electron chi connectivity index (χ2n) is 2.48. The van der Waals surface area contributed by atoms with Crippen molar-refractivity contribution in [1.82, 2.24) is 9.97 Å². The predicted molar refractivity (Wildman–Crippen MR) is 46.8 cm³/mol. The van der Waals surface area contributed by atoms with Crippen molar-refractivity contribution < 1.29 is 0 Å². The lowest BCUT2D eigenvalue weighted by Crippen LogP contribution is -2.05. The van der Waals surface area contributed by atoms with Crippen LogP contribution in [-0.4, -0.2) is 9.97 Å². The van der Waals surface area contributed by atoms with Crippen molar-refractivity contribution in [2.24, 2.45) is 0 Å². The van der Waals surface area contributed by atoms with E-state index in [-0.39, 0.29) is 5.56 Å². The molecule has 0 saturated heterocycles. The maximum absolute atomic E-state index is 11.2. The number of nitrogens with two attached hydrogens (primary N) is 1. The largest absolute Gasteiger partial charge is 0.384 e. The van der Waals surface area contributed by atoms with Gasteiger partial charge in [0.2, 0.25) is 0 Å². The van der Waals surface area contributed by atoms with Gasteiger partial charge in [-0.25, -0.2) is 4.98 Å². The summed E-state index contributed by atoms with van der Waals surface area (Å²) in [6.07, 6.45) is 1.55. The molecule has 0 saturated carbocycles. The molecule has 2 heterocycles. The molecule has 0 aliphatic heterocycles. The van der Waals surface area contributed by atoms with E-state index < -0.39 is 0 Å². The second kappa shape index (κ2) is 2.34. The number of pyridine rings is 2. The zero-order chi connectivity index (χ0) is 8.55. The average Bonchev–Trinajstić information content (AvgIpc) is 2.04. The highest BCUT2D eigenvalue weighted by molar-refractivity contribution is 5.78. The number of nitrogens with zero attached hydrogens (tertiary/aromatic N) is 1. The van der Waals surface area contributed by atoms with Crippen LogP contribution in [0.5, 0.6) is 0 Å². The first-order valence-electron chi connectivity index (χ1n) is 3.51. The Morgan fingerprint density at radius 1 is 1.33 bits per heavy atom. The first-order valence-corrected chi connectivity index (χ1v) is 3.51. The third kappa shape index (κ3) is 0.934. The standard InChI is InChI=1S/C8H7N3O/c9-7-2-1-5-6(11-7)3-4-10-8(5)12/h1-4H,(H2,9,11)(H,10,12). The van der Waals surface area contributed by atoms with Gasteiger partial charge in [0.05, 0.1) is 10.9 Å². The van der Waals surface area contributed by atoms with Gasteiger partial charge >= 0.3 is 0 Å². The van der Waals surface area contributed by atoms with Gasteiger partial charge in [-0.05, 0) is 18.2 Å². The van der Waals surface area contributed by atoms with Crippen LogP contribution in [0.4, 0.5) is 5.82 Å². The highest BCUT2D eigenvalue weighted by Crippen LogP contribution is 2.07. The lowest BCUT2D eigenvalue weighted by Gasteiger charge is -1.95. The van der Waals surface area contributed by atoms with Gasteiger partial charge in [0, 0.05) is 6.20 Å². The third-order valence-electron chi connectivity index (χ3n) is 1.65. The van der Waals surface area contributed by atoms with E-state index in [0.717, 1.165) is 0 Å². The van der Waals surface area contributed by atoms with E-state index in [4.69, 9.17) is 5.73 Å². The lowest BCUT2D eigenvalue weighted by atomic mass is 10.3. The molecule has 0 aliphatic carbocycles. The molecule has 0 radical (unpaired) electrons. The Labute approximate surface area is 68.1 Å². The molecule has 0 aliphatic rings. The number of nitrogens with one attached hydrogen (secondary N) is 1. The highest BCUT2D eigenvalue weighted by Gasteiger charge is 1.97. The second-order valence-corrected chi connectivity index (χ2v) is 2.48. The van der Waals surface area contributed by atoms with Gasteiger partial charge in [0.25, 0.3) is 5.56 Å². The number of H-pyrrole nitrogens is 1. The summed E-state index contributed by atoms with van der Waals surface area (Å²) < 4.78 is 0. The van der Waals surface area contributed by atoms with Crippen molar-refractivity contribution in [3.63, 3.8) is 0 Å². The van der Waals surface area contributed by atoms with Crippen molar-refractivity contribution >= 4 is 16.7 Å². The van der Waals surface area contributed by atoms with Crippen LogP contribution in [0.3, 0.4) is 0 Å². The molecule has 4 heteroatoms. The zero-order valence-electron chi connectivity index (χ0n) is 6.24. The monoisotopic (exact) mass is 161 g/mol. The van der Waals surface area contributed by atoms with Crippen LogP contribution in [0, 0.1) is 0 Å². The summed E-state index contributed by atoms with van der Waals surface area (Å²) in [6, 6.07) is 4.99. The minimum Gasteiger partial charge on any atom is -0.384 e. The summed E-state index contributed by atoms with van der Waals surface area (Å²) in [4.78, 5) is 17.7. The topological polar surface area (TPSA) is 71.8 Å². The van der Waals surface area contributed by atoms with E-state index >= 15 is 0 Å². The Bertz CT molecular complexity index is 475. The Morgan fingerprint density at radius 2 is 2.17 bits per heavy atom. The van der Waals surface area contributed by atoms with E-state index in [1.54, 1.807) is 24.4 Å². The molecule has 0 spiro atoms. The van der Waals surface area contributed by atoms with E-state index in [1.165, 1.54) is 0 Å². The number of hydrogen-bond donors (Lipinski definition) is 2. The molecular formula is C8H7N3O. The van der Waals surface area contributed by atoms with E-state index in [0.29, 0.717) is 16.7 Å². The van der Waals surface area contributed by atoms with Crippen LogP contribution < -0.4 is 11.3 Å². The predicted octanol–water partition coefficient (Wildman–Crippen LogP) is 0.505. The first-order chi connectivity index (χ1) is 5.77. The number of anilines is 1. The molecule has 60 valence electrons. The molecule has 0 fully saturated rings. The van der Waals surface area contributed by atoms with Gasteiger partial charge in [-0.1, -0.05) is 0 Å². The van der Waals surface area contributed by atoms with Crippen LogP contribution in [-0.2, 0) is 0 Å². The maximum atomic E-state index is 11.2. The molecule has 0 unspecified atom stereocenters. The highest BCUT2D eigenvalue weighted by atomic mass is 16.1. The third-order valence-corrected chi connectivity index (χ3v) is 1.65. The number of rotatable bonds is 0. The zero-order valence-corrected chi connectivity index (χ0v) is 6.24. The van der Waals surface area contributed by atoms with E-state index in [9.17, 15) is 4.79 Å². The molecule has 0 bridgehead atoms. The fraction of sp³-hybridized carbons (Fsp3) is 0. The summed E-state index contributed by atoms with van der Waals surface area (Å²) in [6.45, 7) is 0. The molecule has 3 N–H and O–H groups in total. The summed E-state index contributed by atoms with van der Waals surface area (Å²) in [5, 5.41) is 0.562. The summed E-state index contributed by atoms with van der Waals surface area (Å²) in [5.74, 6) is 0.424. The fourth-order valence-corrected chi connectivity index (χ4v) is 1.08. The molecular weight excluding hydrogens is 154 g/mol. The minimum atomic E-state index is -0.139. The maximum Gasteiger partial charge on any atom is 0.257 e. The lowest BCUT2D eigenvalue weighted by molar-refractivity contribution is 1.26. The number of hydrogen-bond acceptors (Lipinski definition) is 3. The van der Waals surface area contributed by atoms with Crippen molar-refractivity contribution in [1.29, 1.82) is 0 Å². The van der Waals surface area contributed by atoms with Crippen LogP contribution in [0.25, 0.3) is 10.9 Å². The van der Waals surface area contributed by atoms with Crippen molar-refractivity contribution in [2.45, 2.75) is 0 Å². The van der Waals surface area contributed by atoms with Crippen LogP contribution in [0.2, 0.25) is 0 Å². The fourth-order valence-electron chi connectivity index (χ4n) is 1.08. The smallest absolute Gasteiger partial charge is 0.257 e. The molecule has 4 nitrogen and oxygen atoms in total. The number of aromatic nitrogens is 2. The Morgan fingerprint density at radius 3 is 3.00 bits per heavy atom. The van der Waals surface area contributed by atoms with Gasteiger partial charge in [-0.2, -0.15) is 0 Å². The van der Waals surface area contributed by atoms with Gasteiger partial charge in [0.15, 0.2) is 0 Å². The van der Waals surface area contributed by atoms with Crippen molar-refractivity contribution in [3.8, 4) is 0 Å². The van der Waals surface area contributed by atoms with Gasteiger partial charge in [-0.3, -0.25) is 4.79 Å². The normalized spacial score (nSPS) is 10.3. The summed E-state index contributed by atoms with van der Waals surface area (Å²) >= 11 is 0. The number of fused-ring (bicyclic) bond motifs is 1. The molecule has 0 amide bonds. The van der Waals surface area contributed by atoms with Gasteiger partial charge in [-0.15, -0.1) is 0 Å². The molecule has 2 rings (SSSR count). The van der Waals surface area contributed by atoms with E-state index in [2.05, 4.69) is 9.97 Å². The van der Waals surface area contributed by atoms with Gasteiger partial charge in [0.1, 0.15) is 5.82 Å².